The normalized spacial score (nSPS) is 16.9. The molecule has 0 atom stereocenters. The molecular formula is C12H14BrIN4S. The number of imidazole rings is 1. The van der Waals surface area contributed by atoms with Crippen molar-refractivity contribution >= 4 is 61.6 Å². The van der Waals surface area contributed by atoms with Gasteiger partial charge in [0.15, 0.2) is 5.65 Å². The lowest BCUT2D eigenvalue weighted by Gasteiger charge is -2.22. The third-order valence-electron chi connectivity index (χ3n) is 3.32. The number of hydrogen-bond donors (Lipinski definition) is 1. The van der Waals surface area contributed by atoms with Gasteiger partial charge in [-0.25, -0.2) is 9.50 Å². The summed E-state index contributed by atoms with van der Waals surface area (Å²) in [6.07, 6.45) is 4.47. The Bertz CT molecular complexity index is 582. The first-order chi connectivity index (χ1) is 9.24. The number of rotatable bonds is 3. The molecule has 1 fully saturated rings. The average molecular weight is 453 g/mol. The Hall–Kier alpha value is -0.0200. The first-order valence-electron chi connectivity index (χ1n) is 6.25. The number of anilines is 1. The summed E-state index contributed by atoms with van der Waals surface area (Å²) < 4.78 is 3.72. The smallest absolute Gasteiger partial charge is 0.178 e. The molecule has 0 aromatic carbocycles. The van der Waals surface area contributed by atoms with Gasteiger partial charge in [0.05, 0.1) is 11.9 Å². The predicted octanol–water partition coefficient (Wildman–Crippen LogP) is 3.65. The zero-order chi connectivity index (χ0) is 13.2. The van der Waals surface area contributed by atoms with E-state index in [0.29, 0.717) is 0 Å². The highest BCUT2D eigenvalue weighted by atomic mass is 127. The van der Waals surface area contributed by atoms with Crippen LogP contribution in [0.5, 0.6) is 0 Å². The number of fused-ring (bicyclic) bond motifs is 1. The summed E-state index contributed by atoms with van der Waals surface area (Å²) in [6, 6.07) is 2.01. The summed E-state index contributed by atoms with van der Waals surface area (Å²) in [6.45, 7) is 1.02. The van der Waals surface area contributed by atoms with E-state index in [1.165, 1.54) is 24.3 Å². The van der Waals surface area contributed by atoms with E-state index in [1.807, 2.05) is 16.8 Å². The van der Waals surface area contributed by atoms with E-state index >= 15 is 0 Å². The second kappa shape index (κ2) is 6.17. The van der Waals surface area contributed by atoms with Crippen molar-refractivity contribution in [3.63, 3.8) is 0 Å². The molecular weight excluding hydrogens is 439 g/mol. The molecule has 0 saturated carbocycles. The Balaban J connectivity index is 1.79. The molecule has 4 nitrogen and oxygen atoms in total. The second-order valence-corrected chi connectivity index (χ2v) is 7.78. The van der Waals surface area contributed by atoms with Gasteiger partial charge in [0.1, 0.15) is 8.30 Å². The lowest BCUT2D eigenvalue weighted by molar-refractivity contribution is 0.516. The third-order valence-corrected chi connectivity index (χ3v) is 5.49. The standard InChI is InChI=1S/C12H14BrIN4S/c13-10-5-9(12-16-7-11(14)18(12)17-10)15-6-8-1-3-19-4-2-8/h5,7-8,15H,1-4,6H2. The van der Waals surface area contributed by atoms with E-state index < -0.39 is 0 Å². The maximum atomic E-state index is 4.43. The van der Waals surface area contributed by atoms with Crippen LogP contribution in [0.2, 0.25) is 0 Å². The number of halogens is 2. The minimum absolute atomic E-state index is 0.780. The summed E-state index contributed by atoms with van der Waals surface area (Å²) in [5.41, 5.74) is 1.96. The van der Waals surface area contributed by atoms with Crippen LogP contribution in [0.3, 0.4) is 0 Å². The molecule has 1 N–H and O–H groups in total. The van der Waals surface area contributed by atoms with Crippen molar-refractivity contribution in [1.29, 1.82) is 0 Å². The van der Waals surface area contributed by atoms with E-state index in [4.69, 9.17) is 0 Å². The minimum atomic E-state index is 0.780. The Morgan fingerprint density at radius 2 is 2.26 bits per heavy atom. The third kappa shape index (κ3) is 3.18. The first-order valence-corrected chi connectivity index (χ1v) is 9.28. The summed E-state index contributed by atoms with van der Waals surface area (Å²) in [4.78, 5) is 4.43. The zero-order valence-electron chi connectivity index (χ0n) is 10.3. The number of nitrogens with zero attached hydrogens (tertiary/aromatic N) is 3. The highest BCUT2D eigenvalue weighted by Gasteiger charge is 2.15. The molecule has 0 amide bonds. The molecule has 0 spiro atoms. The van der Waals surface area contributed by atoms with Crippen LogP contribution < -0.4 is 5.32 Å². The van der Waals surface area contributed by atoms with Crippen LogP contribution in [-0.2, 0) is 0 Å². The van der Waals surface area contributed by atoms with Gasteiger partial charge in [0, 0.05) is 6.54 Å². The SMILES string of the molecule is Brc1cc(NCC2CCSCC2)c2ncc(I)n2n1. The van der Waals surface area contributed by atoms with Crippen molar-refractivity contribution in [2.45, 2.75) is 12.8 Å². The van der Waals surface area contributed by atoms with Gasteiger partial charge in [-0.1, -0.05) is 0 Å². The average Bonchev–Trinajstić information content (AvgIpc) is 2.79. The lowest BCUT2D eigenvalue weighted by Crippen LogP contribution is -2.19. The number of aromatic nitrogens is 3. The maximum absolute atomic E-state index is 4.43. The molecule has 0 bridgehead atoms. The van der Waals surface area contributed by atoms with Crippen LogP contribution in [0, 0.1) is 9.62 Å². The Labute approximate surface area is 138 Å². The van der Waals surface area contributed by atoms with Gasteiger partial charge < -0.3 is 5.32 Å². The van der Waals surface area contributed by atoms with Crippen LogP contribution in [0.25, 0.3) is 5.65 Å². The van der Waals surface area contributed by atoms with E-state index in [-0.39, 0.29) is 0 Å². The van der Waals surface area contributed by atoms with Gasteiger partial charge in [-0.3, -0.25) is 0 Å². The topological polar surface area (TPSA) is 42.2 Å². The molecule has 1 aliphatic rings. The molecule has 3 heterocycles. The van der Waals surface area contributed by atoms with Crippen molar-refractivity contribution in [2.24, 2.45) is 5.92 Å². The molecule has 102 valence electrons. The summed E-state index contributed by atoms with van der Waals surface area (Å²) >= 11 is 7.77. The Morgan fingerprint density at radius 3 is 3.05 bits per heavy atom. The van der Waals surface area contributed by atoms with Gasteiger partial charge in [-0.05, 0) is 74.9 Å². The van der Waals surface area contributed by atoms with Crippen LogP contribution in [0.1, 0.15) is 12.8 Å². The highest BCUT2D eigenvalue weighted by molar-refractivity contribution is 14.1. The quantitative estimate of drug-likeness (QED) is 0.721. The maximum Gasteiger partial charge on any atom is 0.178 e. The van der Waals surface area contributed by atoms with Crippen molar-refractivity contribution in [1.82, 2.24) is 14.6 Å². The molecule has 0 radical (unpaired) electrons. The fourth-order valence-electron chi connectivity index (χ4n) is 2.25. The monoisotopic (exact) mass is 452 g/mol. The Morgan fingerprint density at radius 1 is 1.47 bits per heavy atom. The molecule has 0 aliphatic carbocycles. The van der Waals surface area contributed by atoms with Gasteiger partial charge in [-0.15, -0.1) is 0 Å². The molecule has 1 aliphatic heterocycles. The minimum Gasteiger partial charge on any atom is -0.382 e. The highest BCUT2D eigenvalue weighted by Crippen LogP contribution is 2.25. The molecule has 3 rings (SSSR count). The summed E-state index contributed by atoms with van der Waals surface area (Å²) in [7, 11) is 0. The number of thioether (sulfide) groups is 1. The van der Waals surface area contributed by atoms with Crippen LogP contribution in [0.15, 0.2) is 16.9 Å². The van der Waals surface area contributed by atoms with E-state index in [2.05, 4.69) is 65.7 Å². The van der Waals surface area contributed by atoms with E-state index in [1.54, 1.807) is 0 Å². The zero-order valence-corrected chi connectivity index (χ0v) is 14.8. The van der Waals surface area contributed by atoms with Crippen LogP contribution in [-0.4, -0.2) is 32.6 Å². The van der Waals surface area contributed by atoms with E-state index in [9.17, 15) is 0 Å². The van der Waals surface area contributed by atoms with Crippen LogP contribution in [0.4, 0.5) is 5.69 Å². The first kappa shape index (κ1) is 13.9. The molecule has 19 heavy (non-hydrogen) atoms. The second-order valence-electron chi connectivity index (χ2n) is 4.63. The fourth-order valence-corrected chi connectivity index (χ4v) is 4.31. The van der Waals surface area contributed by atoms with Crippen molar-refractivity contribution in [2.75, 3.05) is 23.4 Å². The van der Waals surface area contributed by atoms with Crippen LogP contribution >= 0.6 is 50.3 Å². The molecule has 1 saturated heterocycles. The number of nitrogens with one attached hydrogen (secondary N) is 1. The molecule has 0 unspecified atom stereocenters. The van der Waals surface area contributed by atoms with Gasteiger partial charge in [0.2, 0.25) is 0 Å². The number of hydrogen-bond acceptors (Lipinski definition) is 4. The molecule has 7 heteroatoms. The molecule has 2 aromatic heterocycles. The van der Waals surface area contributed by atoms with E-state index in [0.717, 1.165) is 32.1 Å². The molecule has 2 aromatic rings. The predicted molar refractivity (Wildman–Crippen MR) is 91.9 cm³/mol. The van der Waals surface area contributed by atoms with Gasteiger partial charge in [0.25, 0.3) is 0 Å². The van der Waals surface area contributed by atoms with Crippen molar-refractivity contribution in [3.8, 4) is 0 Å². The van der Waals surface area contributed by atoms with Crippen molar-refractivity contribution < 1.29 is 0 Å². The lowest BCUT2D eigenvalue weighted by atomic mass is 10.0. The summed E-state index contributed by atoms with van der Waals surface area (Å²) in [5.74, 6) is 3.37. The van der Waals surface area contributed by atoms with Gasteiger partial charge >= 0.3 is 0 Å². The summed E-state index contributed by atoms with van der Waals surface area (Å²) in [5, 5.41) is 7.96. The fraction of sp³-hybridized carbons (Fsp3) is 0.500. The van der Waals surface area contributed by atoms with Crippen molar-refractivity contribution in [3.05, 3.63) is 20.6 Å². The Kier molecular flexibility index (Phi) is 4.53. The van der Waals surface area contributed by atoms with Gasteiger partial charge in [-0.2, -0.15) is 16.9 Å². The largest absolute Gasteiger partial charge is 0.382 e.